The van der Waals surface area contributed by atoms with Crippen molar-refractivity contribution in [1.29, 1.82) is 0 Å². The molecule has 2 aliphatic rings. The van der Waals surface area contributed by atoms with Crippen molar-refractivity contribution in [1.82, 2.24) is 9.97 Å². The molecule has 2 heterocycles. The minimum atomic E-state index is 0.274. The van der Waals surface area contributed by atoms with Gasteiger partial charge in [-0.15, -0.1) is 0 Å². The van der Waals surface area contributed by atoms with E-state index in [9.17, 15) is 5.11 Å². The highest BCUT2D eigenvalue weighted by molar-refractivity contribution is 5.67. The number of fused-ring (bicyclic) bond motifs is 1. The van der Waals surface area contributed by atoms with Crippen LogP contribution >= 0.6 is 0 Å². The van der Waals surface area contributed by atoms with Crippen molar-refractivity contribution in [2.24, 2.45) is 0 Å². The van der Waals surface area contributed by atoms with Gasteiger partial charge < -0.3 is 14.7 Å². The van der Waals surface area contributed by atoms with E-state index in [2.05, 4.69) is 4.90 Å². The number of morpholine rings is 1. The molecule has 2 aromatic rings. The van der Waals surface area contributed by atoms with E-state index in [1.807, 2.05) is 12.1 Å². The minimum absolute atomic E-state index is 0.274. The molecule has 114 valence electrons. The molecular weight excluding hydrogens is 278 g/mol. The molecule has 1 aliphatic carbocycles. The Hall–Kier alpha value is -2.14. The molecule has 0 spiro atoms. The normalized spacial score (nSPS) is 17.5. The first-order valence-corrected chi connectivity index (χ1v) is 7.83. The molecule has 0 unspecified atom stereocenters. The molecule has 4 rings (SSSR count). The highest BCUT2D eigenvalue weighted by Crippen LogP contribution is 2.33. The van der Waals surface area contributed by atoms with E-state index in [0.717, 1.165) is 68.5 Å². The molecule has 0 bridgehead atoms. The van der Waals surface area contributed by atoms with Crippen LogP contribution in [0, 0.1) is 0 Å². The predicted molar refractivity (Wildman–Crippen MR) is 84.2 cm³/mol. The van der Waals surface area contributed by atoms with Crippen LogP contribution in [0.3, 0.4) is 0 Å². The van der Waals surface area contributed by atoms with Crippen molar-refractivity contribution in [3.05, 3.63) is 35.5 Å². The van der Waals surface area contributed by atoms with Gasteiger partial charge in [0.25, 0.3) is 0 Å². The highest BCUT2D eigenvalue weighted by atomic mass is 16.5. The predicted octanol–water partition coefficient (Wildman–Crippen LogP) is 2.17. The van der Waals surface area contributed by atoms with Gasteiger partial charge in [0, 0.05) is 29.9 Å². The van der Waals surface area contributed by atoms with Crippen molar-refractivity contribution in [3.8, 4) is 17.0 Å². The number of rotatable bonds is 2. The lowest BCUT2D eigenvalue weighted by atomic mass is 10.1. The van der Waals surface area contributed by atoms with Crippen LogP contribution in [0.15, 0.2) is 24.3 Å². The molecule has 1 aromatic carbocycles. The lowest BCUT2D eigenvalue weighted by Crippen LogP contribution is -2.37. The Morgan fingerprint density at radius 3 is 2.77 bits per heavy atom. The number of hydrogen-bond donors (Lipinski definition) is 1. The average Bonchev–Trinajstić information content (AvgIpc) is 3.03. The highest BCUT2D eigenvalue weighted by Gasteiger charge is 2.23. The first-order chi connectivity index (χ1) is 10.8. The van der Waals surface area contributed by atoms with Crippen molar-refractivity contribution in [3.63, 3.8) is 0 Å². The minimum Gasteiger partial charge on any atom is -0.508 e. The van der Waals surface area contributed by atoms with Gasteiger partial charge in [-0.2, -0.15) is 0 Å². The smallest absolute Gasteiger partial charge is 0.226 e. The fourth-order valence-electron chi connectivity index (χ4n) is 3.22. The third kappa shape index (κ3) is 2.41. The van der Waals surface area contributed by atoms with Gasteiger partial charge in [-0.3, -0.25) is 0 Å². The van der Waals surface area contributed by atoms with E-state index in [1.54, 1.807) is 12.1 Å². The third-order valence-electron chi connectivity index (χ3n) is 4.33. The molecule has 22 heavy (non-hydrogen) atoms. The fourth-order valence-corrected chi connectivity index (χ4v) is 3.22. The molecule has 0 saturated carbocycles. The Morgan fingerprint density at radius 1 is 1.09 bits per heavy atom. The Morgan fingerprint density at radius 2 is 1.95 bits per heavy atom. The number of aryl methyl sites for hydroxylation is 1. The van der Waals surface area contributed by atoms with Crippen LogP contribution in [0.2, 0.25) is 0 Å². The molecule has 0 amide bonds. The number of aromatic hydroxyl groups is 1. The van der Waals surface area contributed by atoms with E-state index < -0.39 is 0 Å². The first kappa shape index (κ1) is 13.5. The summed E-state index contributed by atoms with van der Waals surface area (Å²) in [5.41, 5.74) is 4.34. The second-order valence-electron chi connectivity index (χ2n) is 5.80. The lowest BCUT2D eigenvalue weighted by Gasteiger charge is -2.27. The van der Waals surface area contributed by atoms with Crippen LogP contribution in [-0.4, -0.2) is 41.4 Å². The van der Waals surface area contributed by atoms with Crippen LogP contribution in [0.1, 0.15) is 17.7 Å². The quantitative estimate of drug-likeness (QED) is 0.920. The summed E-state index contributed by atoms with van der Waals surface area (Å²) in [7, 11) is 0. The number of phenolic OH excluding ortho intramolecular Hbond substituents is 1. The van der Waals surface area contributed by atoms with E-state index >= 15 is 0 Å². The van der Waals surface area contributed by atoms with Crippen LogP contribution in [0.25, 0.3) is 11.3 Å². The molecule has 0 radical (unpaired) electrons. The monoisotopic (exact) mass is 297 g/mol. The summed E-state index contributed by atoms with van der Waals surface area (Å²) in [6.45, 7) is 3.11. The van der Waals surface area contributed by atoms with Gasteiger partial charge in [0.15, 0.2) is 0 Å². The number of anilines is 1. The summed E-state index contributed by atoms with van der Waals surface area (Å²) in [5.74, 6) is 1.07. The van der Waals surface area contributed by atoms with Gasteiger partial charge >= 0.3 is 0 Å². The maximum absolute atomic E-state index is 9.77. The summed E-state index contributed by atoms with van der Waals surface area (Å²) in [6.07, 6.45) is 3.16. The second-order valence-corrected chi connectivity index (χ2v) is 5.80. The van der Waals surface area contributed by atoms with Crippen LogP contribution < -0.4 is 4.90 Å². The van der Waals surface area contributed by atoms with Gasteiger partial charge in [-0.1, -0.05) is 12.1 Å². The van der Waals surface area contributed by atoms with Gasteiger partial charge in [-0.25, -0.2) is 9.97 Å². The maximum atomic E-state index is 9.77. The molecule has 1 aliphatic heterocycles. The average molecular weight is 297 g/mol. The van der Waals surface area contributed by atoms with Crippen molar-refractivity contribution < 1.29 is 9.84 Å². The standard InChI is InChI=1S/C17H19N3O2/c21-13-4-1-3-12(11-13)16-14-5-2-6-15(14)18-17(19-16)20-7-9-22-10-8-20/h1,3-4,11,21H,2,5-10H2. The van der Waals surface area contributed by atoms with E-state index in [-0.39, 0.29) is 5.75 Å². The Balaban J connectivity index is 1.81. The Kier molecular flexibility index (Phi) is 3.42. The second kappa shape index (κ2) is 5.57. The zero-order valence-corrected chi connectivity index (χ0v) is 12.5. The SMILES string of the molecule is Oc1cccc(-c2nc(N3CCOCC3)nc3c2CCC3)c1. The molecule has 1 fully saturated rings. The molecule has 1 aromatic heterocycles. The summed E-state index contributed by atoms with van der Waals surface area (Å²) < 4.78 is 5.41. The number of aromatic nitrogens is 2. The molecule has 5 heteroatoms. The lowest BCUT2D eigenvalue weighted by molar-refractivity contribution is 0.122. The number of phenols is 1. The van der Waals surface area contributed by atoms with E-state index in [4.69, 9.17) is 14.7 Å². The summed E-state index contributed by atoms with van der Waals surface area (Å²) >= 11 is 0. The van der Waals surface area contributed by atoms with E-state index in [1.165, 1.54) is 5.56 Å². The zero-order chi connectivity index (χ0) is 14.9. The van der Waals surface area contributed by atoms with Gasteiger partial charge in [0.2, 0.25) is 5.95 Å². The third-order valence-corrected chi connectivity index (χ3v) is 4.33. The van der Waals surface area contributed by atoms with Crippen LogP contribution in [0.4, 0.5) is 5.95 Å². The molecule has 5 nitrogen and oxygen atoms in total. The Bertz CT molecular complexity index is 696. The topological polar surface area (TPSA) is 58.5 Å². The van der Waals surface area contributed by atoms with Gasteiger partial charge in [0.05, 0.1) is 18.9 Å². The zero-order valence-electron chi connectivity index (χ0n) is 12.5. The van der Waals surface area contributed by atoms with Crippen molar-refractivity contribution >= 4 is 5.95 Å². The van der Waals surface area contributed by atoms with Gasteiger partial charge in [0.1, 0.15) is 5.75 Å². The first-order valence-electron chi connectivity index (χ1n) is 7.83. The number of nitrogens with zero attached hydrogens (tertiary/aromatic N) is 3. The molecule has 0 atom stereocenters. The summed E-state index contributed by atoms with van der Waals surface area (Å²) in [6, 6.07) is 7.34. The van der Waals surface area contributed by atoms with E-state index in [0.29, 0.717) is 0 Å². The summed E-state index contributed by atoms with van der Waals surface area (Å²) in [5, 5.41) is 9.77. The van der Waals surface area contributed by atoms with Gasteiger partial charge in [-0.05, 0) is 31.4 Å². The largest absolute Gasteiger partial charge is 0.508 e. The van der Waals surface area contributed by atoms with Crippen molar-refractivity contribution in [2.75, 3.05) is 31.2 Å². The molecular formula is C17H19N3O2. The number of ether oxygens (including phenoxy) is 1. The molecule has 1 N–H and O–H groups in total. The Labute approximate surface area is 129 Å². The number of hydrogen-bond acceptors (Lipinski definition) is 5. The van der Waals surface area contributed by atoms with Crippen molar-refractivity contribution in [2.45, 2.75) is 19.3 Å². The fraction of sp³-hybridized carbons (Fsp3) is 0.412. The maximum Gasteiger partial charge on any atom is 0.226 e. The molecule has 1 saturated heterocycles. The summed E-state index contributed by atoms with van der Waals surface area (Å²) in [4.78, 5) is 11.8. The van der Waals surface area contributed by atoms with Crippen LogP contribution in [0.5, 0.6) is 5.75 Å². The number of benzene rings is 1. The van der Waals surface area contributed by atoms with Crippen LogP contribution in [-0.2, 0) is 17.6 Å².